The van der Waals surface area contributed by atoms with Crippen molar-refractivity contribution in [2.45, 2.75) is 33.4 Å². The Morgan fingerprint density at radius 3 is 2.47 bits per heavy atom. The lowest BCUT2D eigenvalue weighted by Crippen LogP contribution is -2.24. The smallest absolute Gasteiger partial charge is 0.0713 e. The van der Waals surface area contributed by atoms with Crippen molar-refractivity contribution in [3.63, 3.8) is 0 Å². The third-order valence-electron chi connectivity index (χ3n) is 2.49. The van der Waals surface area contributed by atoms with Gasteiger partial charge in [0.1, 0.15) is 0 Å². The van der Waals surface area contributed by atoms with Gasteiger partial charge in [-0.15, -0.1) is 0 Å². The first-order valence-corrected chi connectivity index (χ1v) is 6.10. The van der Waals surface area contributed by atoms with Crippen LogP contribution in [0.5, 0.6) is 0 Å². The van der Waals surface area contributed by atoms with Crippen molar-refractivity contribution in [2.24, 2.45) is 0 Å². The molecule has 1 N–H and O–H groups in total. The van der Waals surface area contributed by atoms with Crippen molar-refractivity contribution < 1.29 is 4.74 Å². The lowest BCUT2D eigenvalue weighted by Gasteiger charge is -2.08. The van der Waals surface area contributed by atoms with Gasteiger partial charge < -0.3 is 10.1 Å². The second-order valence-corrected chi connectivity index (χ2v) is 4.70. The van der Waals surface area contributed by atoms with E-state index in [4.69, 9.17) is 4.74 Å². The maximum Gasteiger partial charge on any atom is 0.0713 e. The lowest BCUT2D eigenvalue weighted by molar-refractivity contribution is 0.185. The van der Waals surface area contributed by atoms with E-state index in [0.717, 1.165) is 6.54 Å². The molecule has 0 bridgehead atoms. The van der Waals surface area contributed by atoms with E-state index in [1.807, 2.05) is 0 Å². The highest BCUT2D eigenvalue weighted by molar-refractivity contribution is 5.53. The third-order valence-corrected chi connectivity index (χ3v) is 2.49. The number of rotatable bonds is 6. The van der Waals surface area contributed by atoms with Crippen LogP contribution in [0.25, 0.3) is 6.08 Å². The van der Waals surface area contributed by atoms with Crippen LogP contribution in [0.15, 0.2) is 29.8 Å². The Morgan fingerprint density at radius 2 is 1.94 bits per heavy atom. The van der Waals surface area contributed by atoms with Gasteiger partial charge >= 0.3 is 0 Å². The zero-order valence-corrected chi connectivity index (χ0v) is 11.3. The third kappa shape index (κ3) is 5.66. The molecule has 2 heteroatoms. The van der Waals surface area contributed by atoms with Crippen molar-refractivity contribution in [3.8, 4) is 0 Å². The second-order valence-electron chi connectivity index (χ2n) is 4.70. The molecule has 0 aliphatic carbocycles. The van der Waals surface area contributed by atoms with Crippen molar-refractivity contribution in [1.82, 2.24) is 5.32 Å². The molecule has 0 saturated heterocycles. The maximum absolute atomic E-state index is 5.09. The van der Waals surface area contributed by atoms with Crippen molar-refractivity contribution in [1.29, 1.82) is 0 Å². The SMILES string of the molecule is COCc1ccc(C=C(C)CNC(C)C)cc1. The van der Waals surface area contributed by atoms with Gasteiger partial charge in [-0.05, 0) is 18.1 Å². The maximum atomic E-state index is 5.09. The molecule has 0 saturated carbocycles. The molecular weight excluding hydrogens is 210 g/mol. The van der Waals surface area contributed by atoms with Gasteiger partial charge in [0.25, 0.3) is 0 Å². The van der Waals surface area contributed by atoms with Crippen LogP contribution in [0.3, 0.4) is 0 Å². The molecular formula is C15H23NO. The number of hydrogen-bond donors (Lipinski definition) is 1. The fraction of sp³-hybridized carbons (Fsp3) is 0.467. The van der Waals surface area contributed by atoms with E-state index in [1.165, 1.54) is 16.7 Å². The van der Waals surface area contributed by atoms with E-state index in [-0.39, 0.29) is 0 Å². The Labute approximate surface area is 105 Å². The molecule has 0 amide bonds. The average molecular weight is 233 g/mol. The first-order valence-electron chi connectivity index (χ1n) is 6.10. The number of ether oxygens (including phenoxy) is 1. The topological polar surface area (TPSA) is 21.3 Å². The molecule has 0 heterocycles. The molecule has 2 nitrogen and oxygen atoms in total. The standard InChI is InChI=1S/C15H23NO/c1-12(2)16-10-13(3)9-14-5-7-15(8-6-14)11-17-4/h5-9,12,16H,10-11H2,1-4H3. The lowest BCUT2D eigenvalue weighted by atomic mass is 10.1. The first kappa shape index (κ1) is 13.9. The average Bonchev–Trinajstić information content (AvgIpc) is 2.29. The van der Waals surface area contributed by atoms with E-state index >= 15 is 0 Å². The Morgan fingerprint density at radius 1 is 1.29 bits per heavy atom. The van der Waals surface area contributed by atoms with Gasteiger partial charge in [-0.1, -0.05) is 49.8 Å². The van der Waals surface area contributed by atoms with Crippen LogP contribution >= 0.6 is 0 Å². The van der Waals surface area contributed by atoms with Gasteiger partial charge in [-0.3, -0.25) is 0 Å². The molecule has 0 aliphatic heterocycles. The highest BCUT2D eigenvalue weighted by Gasteiger charge is 1.95. The summed E-state index contributed by atoms with van der Waals surface area (Å²) < 4.78 is 5.09. The predicted octanol–water partition coefficient (Wildman–Crippen LogP) is 3.23. The molecule has 17 heavy (non-hydrogen) atoms. The Balaban J connectivity index is 2.57. The largest absolute Gasteiger partial charge is 0.380 e. The van der Waals surface area contributed by atoms with Gasteiger partial charge in [0.05, 0.1) is 6.61 Å². The van der Waals surface area contributed by atoms with E-state index in [9.17, 15) is 0 Å². The summed E-state index contributed by atoms with van der Waals surface area (Å²) in [5, 5.41) is 3.41. The van der Waals surface area contributed by atoms with Gasteiger partial charge in [0, 0.05) is 19.7 Å². The molecule has 0 spiro atoms. The molecule has 0 unspecified atom stereocenters. The summed E-state index contributed by atoms with van der Waals surface area (Å²) >= 11 is 0. The summed E-state index contributed by atoms with van der Waals surface area (Å²) in [5.41, 5.74) is 3.80. The van der Waals surface area contributed by atoms with E-state index in [2.05, 4.69) is 56.4 Å². The molecule has 0 aliphatic rings. The van der Waals surface area contributed by atoms with Crippen molar-refractivity contribution in [3.05, 3.63) is 41.0 Å². The highest BCUT2D eigenvalue weighted by atomic mass is 16.5. The molecule has 0 aromatic heterocycles. The Kier molecular flexibility index (Phi) is 5.95. The van der Waals surface area contributed by atoms with Crippen LogP contribution in [0.4, 0.5) is 0 Å². The fourth-order valence-electron chi connectivity index (χ4n) is 1.58. The van der Waals surface area contributed by atoms with Crippen LogP contribution < -0.4 is 5.32 Å². The summed E-state index contributed by atoms with van der Waals surface area (Å²) in [6, 6.07) is 9.01. The minimum absolute atomic E-state index is 0.530. The van der Waals surface area contributed by atoms with Crippen molar-refractivity contribution in [2.75, 3.05) is 13.7 Å². The minimum atomic E-state index is 0.530. The van der Waals surface area contributed by atoms with E-state index in [0.29, 0.717) is 12.6 Å². The molecule has 0 atom stereocenters. The zero-order chi connectivity index (χ0) is 12.7. The van der Waals surface area contributed by atoms with Gasteiger partial charge in [-0.25, -0.2) is 0 Å². The fourth-order valence-corrected chi connectivity index (χ4v) is 1.58. The molecule has 0 radical (unpaired) electrons. The Hall–Kier alpha value is -1.12. The minimum Gasteiger partial charge on any atom is -0.380 e. The van der Waals surface area contributed by atoms with Gasteiger partial charge in [-0.2, -0.15) is 0 Å². The van der Waals surface area contributed by atoms with Crippen LogP contribution in [0, 0.1) is 0 Å². The quantitative estimate of drug-likeness (QED) is 0.814. The van der Waals surface area contributed by atoms with Crippen molar-refractivity contribution >= 4 is 6.08 Å². The summed E-state index contributed by atoms with van der Waals surface area (Å²) in [7, 11) is 1.72. The van der Waals surface area contributed by atoms with Gasteiger partial charge in [0.15, 0.2) is 0 Å². The van der Waals surface area contributed by atoms with E-state index < -0.39 is 0 Å². The van der Waals surface area contributed by atoms with Gasteiger partial charge in [0.2, 0.25) is 0 Å². The second kappa shape index (κ2) is 7.25. The molecule has 1 rings (SSSR count). The summed E-state index contributed by atoms with van der Waals surface area (Å²) in [6.07, 6.45) is 2.21. The molecule has 1 aromatic rings. The normalized spacial score (nSPS) is 12.2. The monoisotopic (exact) mass is 233 g/mol. The summed E-state index contributed by atoms with van der Waals surface area (Å²) in [4.78, 5) is 0. The first-order chi connectivity index (χ1) is 8.11. The summed E-state index contributed by atoms with van der Waals surface area (Å²) in [6.45, 7) is 8.09. The molecule has 0 fully saturated rings. The number of methoxy groups -OCH3 is 1. The van der Waals surface area contributed by atoms with Crippen LogP contribution in [-0.2, 0) is 11.3 Å². The summed E-state index contributed by atoms with van der Waals surface area (Å²) in [5.74, 6) is 0. The van der Waals surface area contributed by atoms with Crippen LogP contribution in [0.2, 0.25) is 0 Å². The molecule has 94 valence electrons. The number of hydrogen-bond acceptors (Lipinski definition) is 2. The highest BCUT2D eigenvalue weighted by Crippen LogP contribution is 2.09. The van der Waals surface area contributed by atoms with E-state index in [1.54, 1.807) is 7.11 Å². The van der Waals surface area contributed by atoms with Crippen LogP contribution in [-0.4, -0.2) is 19.7 Å². The zero-order valence-electron chi connectivity index (χ0n) is 11.3. The van der Waals surface area contributed by atoms with Crippen LogP contribution in [0.1, 0.15) is 31.9 Å². The molecule has 1 aromatic carbocycles. The number of benzene rings is 1. The Bertz CT molecular complexity index is 352. The predicted molar refractivity (Wildman–Crippen MR) is 73.9 cm³/mol. The number of nitrogens with one attached hydrogen (secondary N) is 1.